The summed E-state index contributed by atoms with van der Waals surface area (Å²) in [4.78, 5) is 20.7. The van der Waals surface area contributed by atoms with Crippen molar-refractivity contribution in [2.75, 3.05) is 5.75 Å². The van der Waals surface area contributed by atoms with Crippen LogP contribution >= 0.6 is 23.1 Å². The largest absolute Gasteiger partial charge is 0.287 e. The number of benzene rings is 1. The van der Waals surface area contributed by atoms with Gasteiger partial charge in [-0.1, -0.05) is 49.0 Å². The fourth-order valence-electron chi connectivity index (χ4n) is 3.91. The van der Waals surface area contributed by atoms with Crippen molar-refractivity contribution in [3.05, 3.63) is 56.7 Å². The lowest BCUT2D eigenvalue weighted by molar-refractivity contribution is 0.508. The number of rotatable bonds is 7. The van der Waals surface area contributed by atoms with Gasteiger partial charge in [0.1, 0.15) is 4.83 Å². The molecule has 0 saturated carbocycles. The number of nitrogens with zero attached hydrogens (tertiary/aromatic N) is 3. The maximum atomic E-state index is 13.5. The highest BCUT2D eigenvalue weighted by atomic mass is 32.2. The summed E-state index contributed by atoms with van der Waals surface area (Å²) in [5, 5.41) is 10.4. The normalized spacial score (nSPS) is 15.9. The standard InChI is InChI=1S/C23H25N3OS2/c1-16-9-10-18-19(15-16)29-21-20(18)22(27)26(13-11-17-7-3-2-4-8-17)23(25-21)28-14-6-5-12-24/h2-4,7-8,16H,5-6,9-11,13-15H2,1H3/t16-/m0/s1. The Bertz CT molecular complexity index is 1100. The number of fused-ring (bicyclic) bond motifs is 3. The summed E-state index contributed by atoms with van der Waals surface area (Å²) < 4.78 is 1.87. The van der Waals surface area contributed by atoms with E-state index in [1.807, 2.05) is 22.8 Å². The van der Waals surface area contributed by atoms with Gasteiger partial charge in [-0.05, 0) is 49.1 Å². The van der Waals surface area contributed by atoms with Crippen molar-refractivity contribution in [2.45, 2.75) is 57.1 Å². The average Bonchev–Trinajstić information content (AvgIpc) is 3.09. The second-order valence-electron chi connectivity index (χ2n) is 7.73. The minimum Gasteiger partial charge on any atom is -0.287 e. The average molecular weight is 424 g/mol. The van der Waals surface area contributed by atoms with Crippen LogP contribution in [0.1, 0.15) is 42.2 Å². The Morgan fingerprint density at radius 2 is 2.17 bits per heavy atom. The quantitative estimate of drug-likeness (QED) is 0.297. The van der Waals surface area contributed by atoms with Crippen molar-refractivity contribution in [1.82, 2.24) is 9.55 Å². The molecule has 0 spiro atoms. The molecule has 6 heteroatoms. The van der Waals surface area contributed by atoms with Gasteiger partial charge in [0, 0.05) is 23.6 Å². The van der Waals surface area contributed by atoms with E-state index in [0.717, 1.165) is 53.2 Å². The number of nitriles is 1. The van der Waals surface area contributed by atoms with Gasteiger partial charge in [0.15, 0.2) is 5.16 Å². The van der Waals surface area contributed by atoms with Gasteiger partial charge in [-0.15, -0.1) is 11.3 Å². The van der Waals surface area contributed by atoms with Crippen LogP contribution in [0, 0.1) is 17.2 Å². The molecule has 0 N–H and O–H groups in total. The molecule has 2 heterocycles. The molecule has 1 aliphatic carbocycles. The molecule has 0 radical (unpaired) electrons. The third kappa shape index (κ3) is 4.41. The molecule has 1 aliphatic rings. The molecule has 4 rings (SSSR count). The van der Waals surface area contributed by atoms with Crippen LogP contribution in [0.2, 0.25) is 0 Å². The third-order valence-electron chi connectivity index (χ3n) is 5.51. The van der Waals surface area contributed by atoms with Crippen LogP contribution < -0.4 is 5.56 Å². The minimum atomic E-state index is 0.112. The summed E-state index contributed by atoms with van der Waals surface area (Å²) in [7, 11) is 0. The Balaban J connectivity index is 1.71. The Morgan fingerprint density at radius 3 is 2.97 bits per heavy atom. The van der Waals surface area contributed by atoms with Gasteiger partial charge in [-0.2, -0.15) is 5.26 Å². The molecule has 0 saturated heterocycles. The van der Waals surface area contributed by atoms with Crippen LogP contribution in [0.15, 0.2) is 40.3 Å². The van der Waals surface area contributed by atoms with Gasteiger partial charge in [0.05, 0.1) is 11.5 Å². The van der Waals surface area contributed by atoms with Crippen LogP contribution in [0.3, 0.4) is 0 Å². The first-order valence-electron chi connectivity index (χ1n) is 10.3. The number of aryl methyl sites for hydroxylation is 2. The van der Waals surface area contributed by atoms with Crippen molar-refractivity contribution in [2.24, 2.45) is 5.92 Å². The molecule has 1 atom stereocenters. The number of hydrogen-bond acceptors (Lipinski definition) is 5. The first-order chi connectivity index (χ1) is 14.2. The van der Waals surface area contributed by atoms with E-state index >= 15 is 0 Å². The lowest BCUT2D eigenvalue weighted by atomic mass is 9.89. The maximum Gasteiger partial charge on any atom is 0.263 e. The molecule has 0 amide bonds. The van der Waals surface area contributed by atoms with Gasteiger partial charge < -0.3 is 0 Å². The summed E-state index contributed by atoms with van der Waals surface area (Å²) >= 11 is 3.31. The Kier molecular flexibility index (Phi) is 6.37. The highest BCUT2D eigenvalue weighted by molar-refractivity contribution is 7.99. The van der Waals surface area contributed by atoms with Crippen LogP contribution in [0.5, 0.6) is 0 Å². The van der Waals surface area contributed by atoms with Crippen LogP contribution in [0.25, 0.3) is 10.2 Å². The zero-order valence-electron chi connectivity index (χ0n) is 16.7. The molecule has 0 fully saturated rings. The Morgan fingerprint density at radius 1 is 1.34 bits per heavy atom. The maximum absolute atomic E-state index is 13.5. The topological polar surface area (TPSA) is 58.7 Å². The lowest BCUT2D eigenvalue weighted by Crippen LogP contribution is -2.25. The van der Waals surface area contributed by atoms with E-state index in [1.54, 1.807) is 23.1 Å². The number of thioether (sulfide) groups is 1. The SMILES string of the molecule is C[C@H]1CCc2c(sc3nc(SCCCC#N)n(CCc4ccccc4)c(=O)c23)C1. The molecule has 29 heavy (non-hydrogen) atoms. The predicted octanol–water partition coefficient (Wildman–Crippen LogP) is 5.22. The molecular weight excluding hydrogens is 398 g/mol. The summed E-state index contributed by atoms with van der Waals surface area (Å²) in [6, 6.07) is 12.5. The highest BCUT2D eigenvalue weighted by Gasteiger charge is 2.24. The Labute approximate surface area is 179 Å². The van der Waals surface area contributed by atoms with Crippen molar-refractivity contribution in [3.8, 4) is 6.07 Å². The van der Waals surface area contributed by atoms with E-state index in [9.17, 15) is 4.79 Å². The fraction of sp³-hybridized carbons (Fsp3) is 0.435. The second kappa shape index (κ2) is 9.15. The van der Waals surface area contributed by atoms with Crippen LogP contribution in [-0.2, 0) is 25.8 Å². The molecule has 150 valence electrons. The summed E-state index contributed by atoms with van der Waals surface area (Å²) in [5.41, 5.74) is 2.58. The number of hydrogen-bond donors (Lipinski definition) is 0. The number of thiophene rings is 1. The van der Waals surface area contributed by atoms with E-state index in [4.69, 9.17) is 10.2 Å². The molecule has 2 aromatic heterocycles. The summed E-state index contributed by atoms with van der Waals surface area (Å²) in [6.07, 6.45) is 5.35. The van der Waals surface area contributed by atoms with E-state index in [1.165, 1.54) is 16.0 Å². The van der Waals surface area contributed by atoms with Crippen molar-refractivity contribution in [3.63, 3.8) is 0 Å². The second-order valence-corrected chi connectivity index (χ2v) is 9.87. The summed E-state index contributed by atoms with van der Waals surface area (Å²) in [5.74, 6) is 1.48. The summed E-state index contributed by atoms with van der Waals surface area (Å²) in [6.45, 7) is 2.92. The van der Waals surface area contributed by atoms with E-state index < -0.39 is 0 Å². The van der Waals surface area contributed by atoms with E-state index in [2.05, 4.69) is 25.1 Å². The number of unbranched alkanes of at least 4 members (excludes halogenated alkanes) is 1. The monoisotopic (exact) mass is 423 g/mol. The zero-order chi connectivity index (χ0) is 20.2. The number of aromatic nitrogens is 2. The van der Waals surface area contributed by atoms with Gasteiger partial charge in [0.25, 0.3) is 5.56 Å². The van der Waals surface area contributed by atoms with Gasteiger partial charge in [-0.3, -0.25) is 9.36 Å². The van der Waals surface area contributed by atoms with Crippen LogP contribution in [0.4, 0.5) is 0 Å². The van der Waals surface area contributed by atoms with Gasteiger partial charge >= 0.3 is 0 Å². The highest BCUT2D eigenvalue weighted by Crippen LogP contribution is 2.36. The minimum absolute atomic E-state index is 0.112. The van der Waals surface area contributed by atoms with Gasteiger partial charge in [0.2, 0.25) is 0 Å². The zero-order valence-corrected chi connectivity index (χ0v) is 18.3. The molecule has 3 aromatic rings. The molecule has 0 unspecified atom stereocenters. The van der Waals surface area contributed by atoms with Gasteiger partial charge in [-0.25, -0.2) is 4.98 Å². The van der Waals surface area contributed by atoms with E-state index in [-0.39, 0.29) is 5.56 Å². The first kappa shape index (κ1) is 20.2. The van der Waals surface area contributed by atoms with Crippen molar-refractivity contribution in [1.29, 1.82) is 5.26 Å². The molecule has 4 nitrogen and oxygen atoms in total. The van der Waals surface area contributed by atoms with Crippen molar-refractivity contribution < 1.29 is 0 Å². The molecule has 0 aliphatic heterocycles. The smallest absolute Gasteiger partial charge is 0.263 e. The molecule has 1 aromatic carbocycles. The molecular formula is C23H25N3OS2. The fourth-order valence-corrected chi connectivity index (χ4v) is 6.30. The third-order valence-corrected chi connectivity index (χ3v) is 7.72. The first-order valence-corrected chi connectivity index (χ1v) is 12.1. The Hall–Kier alpha value is -2.10. The molecule has 0 bridgehead atoms. The van der Waals surface area contributed by atoms with Crippen LogP contribution in [-0.4, -0.2) is 15.3 Å². The predicted molar refractivity (Wildman–Crippen MR) is 121 cm³/mol. The van der Waals surface area contributed by atoms with Crippen molar-refractivity contribution >= 4 is 33.3 Å². The van der Waals surface area contributed by atoms with E-state index in [0.29, 0.717) is 18.9 Å². The lowest BCUT2D eigenvalue weighted by Gasteiger charge is -2.17.